The molecule has 0 unspecified atom stereocenters. The molecule has 3 N–H and O–H groups in total. The van der Waals surface area contributed by atoms with Crippen LogP contribution in [0.15, 0.2) is 18.5 Å². The van der Waals surface area contributed by atoms with Gasteiger partial charge in [0.05, 0.1) is 10.7 Å². The zero-order valence-corrected chi connectivity index (χ0v) is 10.4. The van der Waals surface area contributed by atoms with Crippen molar-refractivity contribution in [1.82, 2.24) is 10.3 Å². The molecule has 88 valence electrons. The van der Waals surface area contributed by atoms with Crippen LogP contribution in [0.3, 0.4) is 0 Å². The highest BCUT2D eigenvalue weighted by Gasteiger charge is 2.17. The molecule has 0 aromatic carbocycles. The third kappa shape index (κ3) is 3.15. The molecule has 0 amide bonds. The summed E-state index contributed by atoms with van der Waals surface area (Å²) >= 11 is 6.11. The van der Waals surface area contributed by atoms with Crippen molar-refractivity contribution in [2.75, 3.05) is 7.05 Å². The normalized spacial score (nSPS) is 15.1. The molecule has 17 heavy (non-hydrogen) atoms. The Kier molecular flexibility index (Phi) is 3.55. The van der Waals surface area contributed by atoms with Crippen LogP contribution < -0.4 is 11.1 Å². The van der Waals surface area contributed by atoms with Crippen molar-refractivity contribution in [3.8, 4) is 11.8 Å². The maximum absolute atomic E-state index is 6.11. The Labute approximate surface area is 106 Å². The lowest BCUT2D eigenvalue weighted by Crippen LogP contribution is -2.05. The van der Waals surface area contributed by atoms with E-state index in [0.717, 1.165) is 5.56 Å². The summed E-state index contributed by atoms with van der Waals surface area (Å²) in [5.41, 5.74) is 7.73. The van der Waals surface area contributed by atoms with Gasteiger partial charge in [-0.3, -0.25) is 4.98 Å². The van der Waals surface area contributed by atoms with Crippen molar-refractivity contribution in [3.63, 3.8) is 0 Å². The summed E-state index contributed by atoms with van der Waals surface area (Å²) in [6, 6.07) is 1.80. The Balaban J connectivity index is 2.22. The first-order valence-corrected chi connectivity index (χ1v) is 5.89. The summed E-state index contributed by atoms with van der Waals surface area (Å²) in [5.74, 6) is 6.81. The Morgan fingerprint density at radius 1 is 1.65 bits per heavy atom. The third-order valence-corrected chi connectivity index (χ3v) is 2.70. The average Bonchev–Trinajstić information content (AvgIpc) is 3.10. The fourth-order valence-corrected chi connectivity index (χ4v) is 1.63. The topological polar surface area (TPSA) is 50.9 Å². The van der Waals surface area contributed by atoms with E-state index in [4.69, 9.17) is 17.3 Å². The molecular weight excluding hydrogens is 234 g/mol. The van der Waals surface area contributed by atoms with Crippen LogP contribution in [0.4, 0.5) is 0 Å². The molecule has 3 nitrogen and oxygen atoms in total. The zero-order valence-electron chi connectivity index (χ0n) is 9.63. The van der Waals surface area contributed by atoms with E-state index < -0.39 is 0 Å². The summed E-state index contributed by atoms with van der Waals surface area (Å²) in [6.45, 7) is 0. The van der Waals surface area contributed by atoms with Crippen LogP contribution in [0.25, 0.3) is 5.70 Å². The molecule has 4 heteroatoms. The number of nitrogens with zero attached hydrogens (tertiary/aromatic N) is 1. The van der Waals surface area contributed by atoms with Gasteiger partial charge in [-0.1, -0.05) is 23.4 Å². The van der Waals surface area contributed by atoms with Crippen LogP contribution in [-0.2, 0) is 0 Å². The minimum atomic E-state index is 0.513. The van der Waals surface area contributed by atoms with E-state index >= 15 is 0 Å². The maximum Gasteiger partial charge on any atom is 0.106 e. The quantitative estimate of drug-likeness (QED) is 0.786. The van der Waals surface area contributed by atoms with Gasteiger partial charge in [0.2, 0.25) is 0 Å². The molecule has 0 saturated heterocycles. The van der Waals surface area contributed by atoms with Crippen LogP contribution >= 0.6 is 11.6 Å². The molecule has 2 rings (SSSR count). The van der Waals surface area contributed by atoms with Crippen molar-refractivity contribution in [3.05, 3.63) is 34.7 Å². The number of hydrogen-bond acceptors (Lipinski definition) is 3. The van der Waals surface area contributed by atoms with E-state index in [9.17, 15) is 0 Å². The van der Waals surface area contributed by atoms with Crippen LogP contribution in [-0.4, -0.2) is 12.0 Å². The summed E-state index contributed by atoms with van der Waals surface area (Å²) in [5, 5.41) is 3.37. The minimum absolute atomic E-state index is 0.513. The molecule has 1 heterocycles. The highest BCUT2D eigenvalue weighted by molar-refractivity contribution is 6.32. The van der Waals surface area contributed by atoms with Gasteiger partial charge in [0.25, 0.3) is 0 Å². The summed E-state index contributed by atoms with van der Waals surface area (Å²) < 4.78 is 0. The van der Waals surface area contributed by atoms with Gasteiger partial charge in [-0.25, -0.2) is 0 Å². The van der Waals surface area contributed by atoms with Crippen LogP contribution in [0.1, 0.15) is 24.1 Å². The first-order chi connectivity index (χ1) is 8.20. The fraction of sp³-hybridized carbons (Fsp3) is 0.308. The van der Waals surface area contributed by atoms with Gasteiger partial charge in [0.15, 0.2) is 0 Å². The molecule has 1 fully saturated rings. The number of rotatable bonds is 2. The summed E-state index contributed by atoms with van der Waals surface area (Å²) in [7, 11) is 1.77. The second-order valence-corrected chi connectivity index (χ2v) is 4.39. The van der Waals surface area contributed by atoms with Crippen LogP contribution in [0, 0.1) is 17.8 Å². The SMILES string of the molecule is CN/C=C(\N)c1ncc(C#CC2CC2)cc1Cl. The van der Waals surface area contributed by atoms with Crippen molar-refractivity contribution >= 4 is 17.3 Å². The molecule has 0 spiro atoms. The van der Waals surface area contributed by atoms with E-state index in [2.05, 4.69) is 22.1 Å². The highest BCUT2D eigenvalue weighted by Crippen LogP contribution is 2.27. The van der Waals surface area contributed by atoms with E-state index in [1.54, 1.807) is 25.5 Å². The maximum atomic E-state index is 6.11. The van der Waals surface area contributed by atoms with Gasteiger partial charge < -0.3 is 11.1 Å². The lowest BCUT2D eigenvalue weighted by Gasteiger charge is -2.03. The molecular formula is C13H14ClN3. The second kappa shape index (κ2) is 5.11. The number of nitrogens with two attached hydrogens (primary N) is 1. The Bertz CT molecular complexity index is 507. The molecule has 1 aliphatic rings. The largest absolute Gasteiger partial charge is 0.396 e. The third-order valence-electron chi connectivity index (χ3n) is 2.41. The Hall–Kier alpha value is -1.66. The van der Waals surface area contributed by atoms with E-state index in [0.29, 0.717) is 22.3 Å². The molecule has 0 radical (unpaired) electrons. The van der Waals surface area contributed by atoms with E-state index in [1.807, 2.05) is 0 Å². The monoisotopic (exact) mass is 247 g/mol. The van der Waals surface area contributed by atoms with Gasteiger partial charge in [-0.2, -0.15) is 0 Å². The first kappa shape index (κ1) is 11.8. The van der Waals surface area contributed by atoms with Gasteiger partial charge in [0, 0.05) is 30.9 Å². The standard InChI is InChI=1S/C13H14ClN3/c1-16-8-12(15)13-11(14)6-10(7-17-13)5-4-9-2-3-9/h6-9,16H,2-3,15H2,1H3/b12-8-. The van der Waals surface area contributed by atoms with Gasteiger partial charge >= 0.3 is 0 Å². The smallest absolute Gasteiger partial charge is 0.106 e. The zero-order chi connectivity index (χ0) is 12.3. The molecule has 1 aromatic heterocycles. The molecule has 1 saturated carbocycles. The van der Waals surface area contributed by atoms with Crippen molar-refractivity contribution in [1.29, 1.82) is 0 Å². The number of pyridine rings is 1. The van der Waals surface area contributed by atoms with Crippen molar-refractivity contribution < 1.29 is 0 Å². The summed E-state index contributed by atoms with van der Waals surface area (Å²) in [6.07, 6.45) is 5.78. The van der Waals surface area contributed by atoms with Gasteiger partial charge in [0.1, 0.15) is 5.69 Å². The van der Waals surface area contributed by atoms with E-state index in [-0.39, 0.29) is 0 Å². The number of hydrogen-bond donors (Lipinski definition) is 2. The predicted octanol–water partition coefficient (Wildman–Crippen LogP) is 1.97. The fourth-order valence-electron chi connectivity index (χ4n) is 1.36. The van der Waals surface area contributed by atoms with Gasteiger partial charge in [-0.15, -0.1) is 0 Å². The first-order valence-electron chi connectivity index (χ1n) is 5.51. The number of aromatic nitrogens is 1. The minimum Gasteiger partial charge on any atom is -0.396 e. The molecule has 0 atom stereocenters. The molecule has 1 aromatic rings. The molecule has 0 aliphatic heterocycles. The van der Waals surface area contributed by atoms with Crippen LogP contribution in [0.2, 0.25) is 5.02 Å². The van der Waals surface area contributed by atoms with Crippen LogP contribution in [0.5, 0.6) is 0 Å². The average molecular weight is 248 g/mol. The number of nitrogens with one attached hydrogen (secondary N) is 1. The molecule has 0 bridgehead atoms. The lowest BCUT2D eigenvalue weighted by molar-refractivity contribution is 1.09. The highest BCUT2D eigenvalue weighted by atomic mass is 35.5. The number of halogens is 1. The van der Waals surface area contributed by atoms with Crippen molar-refractivity contribution in [2.24, 2.45) is 11.7 Å². The molecule has 1 aliphatic carbocycles. The predicted molar refractivity (Wildman–Crippen MR) is 70.1 cm³/mol. The van der Waals surface area contributed by atoms with Gasteiger partial charge in [-0.05, 0) is 18.9 Å². The Morgan fingerprint density at radius 2 is 2.41 bits per heavy atom. The second-order valence-electron chi connectivity index (χ2n) is 3.99. The lowest BCUT2D eigenvalue weighted by atomic mass is 10.2. The van der Waals surface area contributed by atoms with Crippen molar-refractivity contribution in [2.45, 2.75) is 12.8 Å². The Morgan fingerprint density at radius 3 is 3.00 bits per heavy atom. The van der Waals surface area contributed by atoms with E-state index in [1.165, 1.54) is 12.8 Å². The summed E-state index contributed by atoms with van der Waals surface area (Å²) in [4.78, 5) is 4.23.